The number of para-hydroxylation sites is 1. The van der Waals surface area contributed by atoms with E-state index in [1.54, 1.807) is 13.3 Å². The zero-order valence-electron chi connectivity index (χ0n) is 12.5. The lowest BCUT2D eigenvalue weighted by atomic mass is 10.3. The van der Waals surface area contributed by atoms with Crippen LogP contribution in [0.1, 0.15) is 5.76 Å². The molecule has 116 valence electrons. The van der Waals surface area contributed by atoms with Gasteiger partial charge in [0.25, 0.3) is 0 Å². The van der Waals surface area contributed by atoms with Gasteiger partial charge in [0.1, 0.15) is 5.76 Å². The first kappa shape index (κ1) is 15.6. The molecule has 6 heteroatoms. The van der Waals surface area contributed by atoms with Crippen molar-refractivity contribution in [3.05, 3.63) is 54.5 Å². The average Bonchev–Trinajstić information content (AvgIpc) is 3.05. The van der Waals surface area contributed by atoms with E-state index in [1.807, 2.05) is 42.5 Å². The van der Waals surface area contributed by atoms with Crippen molar-refractivity contribution in [1.82, 2.24) is 10.6 Å². The molecule has 0 saturated carbocycles. The van der Waals surface area contributed by atoms with Crippen molar-refractivity contribution in [3.8, 4) is 0 Å². The molecule has 22 heavy (non-hydrogen) atoms. The van der Waals surface area contributed by atoms with Gasteiger partial charge in [0.05, 0.1) is 12.8 Å². The van der Waals surface area contributed by atoms with Crippen LogP contribution in [0.2, 0.25) is 0 Å². The number of nitrogens with zero attached hydrogens (tertiary/aromatic N) is 1. The van der Waals surface area contributed by atoms with E-state index in [1.165, 1.54) is 0 Å². The van der Waals surface area contributed by atoms with Gasteiger partial charge in [-0.2, -0.15) is 0 Å². The smallest absolute Gasteiger partial charge is 0.243 e. The Morgan fingerprint density at radius 1 is 1.14 bits per heavy atom. The van der Waals surface area contributed by atoms with E-state index in [0.717, 1.165) is 17.9 Å². The van der Waals surface area contributed by atoms with Gasteiger partial charge >= 0.3 is 0 Å². The Balaban J connectivity index is 1.68. The van der Waals surface area contributed by atoms with E-state index in [9.17, 15) is 4.79 Å². The molecule has 1 aromatic carbocycles. The summed E-state index contributed by atoms with van der Waals surface area (Å²) in [6.45, 7) is 0.822. The largest absolute Gasteiger partial charge is 0.469 e. The molecule has 2 aromatic rings. The Labute approximate surface area is 129 Å². The number of guanidine groups is 1. The summed E-state index contributed by atoms with van der Waals surface area (Å²) >= 11 is 0. The summed E-state index contributed by atoms with van der Waals surface area (Å²) in [5, 5.41) is 8.89. The van der Waals surface area contributed by atoms with E-state index < -0.39 is 0 Å². The van der Waals surface area contributed by atoms with Gasteiger partial charge in [0.15, 0.2) is 5.96 Å². The Morgan fingerprint density at radius 2 is 1.95 bits per heavy atom. The third kappa shape index (κ3) is 5.32. The number of anilines is 1. The molecule has 0 aliphatic rings. The van der Waals surface area contributed by atoms with Gasteiger partial charge < -0.3 is 20.4 Å². The number of rotatable bonds is 6. The summed E-state index contributed by atoms with van der Waals surface area (Å²) < 4.78 is 5.25. The summed E-state index contributed by atoms with van der Waals surface area (Å²) in [6.07, 6.45) is 2.40. The maximum Gasteiger partial charge on any atom is 0.243 e. The predicted octanol–water partition coefficient (Wildman–Crippen LogP) is 1.63. The molecule has 0 saturated heterocycles. The molecule has 0 spiro atoms. The van der Waals surface area contributed by atoms with Crippen molar-refractivity contribution in [2.75, 3.05) is 25.5 Å². The number of carbonyl (C=O) groups excluding carboxylic acids is 1. The van der Waals surface area contributed by atoms with Crippen LogP contribution < -0.4 is 16.0 Å². The maximum atomic E-state index is 11.8. The highest BCUT2D eigenvalue weighted by molar-refractivity contribution is 5.94. The van der Waals surface area contributed by atoms with E-state index in [2.05, 4.69) is 20.9 Å². The van der Waals surface area contributed by atoms with E-state index in [4.69, 9.17) is 4.42 Å². The minimum atomic E-state index is -0.125. The van der Waals surface area contributed by atoms with Crippen LogP contribution in [-0.4, -0.2) is 32.0 Å². The van der Waals surface area contributed by atoms with Gasteiger partial charge in [0.2, 0.25) is 5.91 Å². The first-order valence-electron chi connectivity index (χ1n) is 7.10. The minimum Gasteiger partial charge on any atom is -0.469 e. The van der Waals surface area contributed by atoms with E-state index in [-0.39, 0.29) is 12.5 Å². The normalized spacial score (nSPS) is 11.0. The van der Waals surface area contributed by atoms with Crippen molar-refractivity contribution in [2.24, 2.45) is 4.99 Å². The minimum absolute atomic E-state index is 0.125. The van der Waals surface area contributed by atoms with Crippen LogP contribution in [0.25, 0.3) is 0 Å². The molecule has 0 unspecified atom stereocenters. The van der Waals surface area contributed by atoms with Crippen molar-refractivity contribution >= 4 is 17.6 Å². The molecule has 1 aromatic heterocycles. The number of furan rings is 1. The van der Waals surface area contributed by atoms with Crippen molar-refractivity contribution in [2.45, 2.75) is 6.42 Å². The van der Waals surface area contributed by atoms with Crippen LogP contribution in [0.15, 0.2) is 58.1 Å². The molecule has 0 bridgehead atoms. The topological polar surface area (TPSA) is 78.7 Å². The molecule has 2 rings (SSSR count). The number of hydrogen-bond donors (Lipinski definition) is 3. The second-order valence-electron chi connectivity index (χ2n) is 4.60. The zero-order chi connectivity index (χ0) is 15.6. The Morgan fingerprint density at radius 3 is 2.64 bits per heavy atom. The van der Waals surface area contributed by atoms with Gasteiger partial charge in [-0.05, 0) is 24.3 Å². The summed E-state index contributed by atoms with van der Waals surface area (Å²) in [6, 6.07) is 13.1. The highest BCUT2D eigenvalue weighted by Gasteiger charge is 2.04. The van der Waals surface area contributed by atoms with Gasteiger partial charge in [-0.3, -0.25) is 9.79 Å². The molecule has 0 fully saturated rings. The molecule has 0 radical (unpaired) electrons. The summed E-state index contributed by atoms with van der Waals surface area (Å²) in [4.78, 5) is 15.9. The monoisotopic (exact) mass is 300 g/mol. The fraction of sp³-hybridized carbons (Fsp3) is 0.250. The molecule has 0 atom stereocenters. The third-order valence-electron chi connectivity index (χ3n) is 2.94. The Bertz CT molecular complexity index is 594. The quantitative estimate of drug-likeness (QED) is 0.559. The molecule has 0 aliphatic heterocycles. The van der Waals surface area contributed by atoms with Crippen LogP contribution >= 0.6 is 0 Å². The van der Waals surface area contributed by atoms with Crippen LogP contribution in [0.5, 0.6) is 0 Å². The van der Waals surface area contributed by atoms with Crippen LogP contribution in [-0.2, 0) is 11.2 Å². The summed E-state index contributed by atoms with van der Waals surface area (Å²) in [5.74, 6) is 1.36. The van der Waals surface area contributed by atoms with E-state index in [0.29, 0.717) is 12.5 Å². The van der Waals surface area contributed by atoms with Crippen molar-refractivity contribution in [1.29, 1.82) is 0 Å². The second kappa shape index (κ2) is 8.51. The zero-order valence-corrected chi connectivity index (χ0v) is 12.5. The fourth-order valence-electron chi connectivity index (χ4n) is 1.87. The van der Waals surface area contributed by atoms with Crippen LogP contribution in [0, 0.1) is 0 Å². The lowest BCUT2D eigenvalue weighted by Crippen LogP contribution is -2.42. The summed E-state index contributed by atoms with van der Waals surface area (Å²) in [5.41, 5.74) is 0.773. The standard InChI is InChI=1S/C16H20N4O2/c1-17-16(18-10-9-14-8-5-11-22-14)19-12-15(21)20-13-6-3-2-4-7-13/h2-8,11H,9-10,12H2,1H3,(H,20,21)(H2,17,18,19). The summed E-state index contributed by atoms with van der Waals surface area (Å²) in [7, 11) is 1.66. The second-order valence-corrected chi connectivity index (χ2v) is 4.60. The van der Waals surface area contributed by atoms with Gasteiger partial charge in [-0.1, -0.05) is 18.2 Å². The Kier molecular flexibility index (Phi) is 6.04. The Hall–Kier alpha value is -2.76. The van der Waals surface area contributed by atoms with Crippen LogP contribution in [0.4, 0.5) is 5.69 Å². The van der Waals surface area contributed by atoms with Gasteiger partial charge in [-0.25, -0.2) is 0 Å². The molecular formula is C16H20N4O2. The lowest BCUT2D eigenvalue weighted by Gasteiger charge is -2.11. The van der Waals surface area contributed by atoms with E-state index >= 15 is 0 Å². The number of hydrogen-bond acceptors (Lipinski definition) is 3. The highest BCUT2D eigenvalue weighted by atomic mass is 16.3. The molecule has 3 N–H and O–H groups in total. The number of carbonyl (C=O) groups is 1. The predicted molar refractivity (Wildman–Crippen MR) is 86.8 cm³/mol. The van der Waals surface area contributed by atoms with Crippen molar-refractivity contribution in [3.63, 3.8) is 0 Å². The number of aliphatic imine (C=N–C) groups is 1. The first-order valence-corrected chi connectivity index (χ1v) is 7.10. The molecular weight excluding hydrogens is 280 g/mol. The molecule has 1 heterocycles. The number of benzene rings is 1. The third-order valence-corrected chi connectivity index (χ3v) is 2.94. The highest BCUT2D eigenvalue weighted by Crippen LogP contribution is 2.03. The number of nitrogens with one attached hydrogen (secondary N) is 3. The SMILES string of the molecule is CN=C(NCCc1ccco1)NCC(=O)Nc1ccccc1. The van der Waals surface area contributed by atoms with Gasteiger partial charge in [0, 0.05) is 25.7 Å². The van der Waals surface area contributed by atoms with Crippen molar-refractivity contribution < 1.29 is 9.21 Å². The average molecular weight is 300 g/mol. The molecule has 6 nitrogen and oxygen atoms in total. The number of amides is 1. The first-order chi connectivity index (χ1) is 10.8. The lowest BCUT2D eigenvalue weighted by molar-refractivity contribution is -0.115. The maximum absolute atomic E-state index is 11.8. The van der Waals surface area contributed by atoms with Gasteiger partial charge in [-0.15, -0.1) is 0 Å². The van der Waals surface area contributed by atoms with Crippen LogP contribution in [0.3, 0.4) is 0 Å². The fourth-order valence-corrected chi connectivity index (χ4v) is 1.87. The molecule has 1 amide bonds. The molecule has 0 aliphatic carbocycles.